The Morgan fingerprint density at radius 3 is 2.16 bits per heavy atom. The molecule has 2 amide bonds. The van der Waals surface area contributed by atoms with E-state index >= 15 is 0 Å². The van der Waals surface area contributed by atoms with Gasteiger partial charge in [-0.2, -0.15) is 0 Å². The van der Waals surface area contributed by atoms with E-state index in [1.165, 1.54) is 27.1 Å². The van der Waals surface area contributed by atoms with Gasteiger partial charge in [-0.15, -0.1) is 0 Å². The number of hydrogen-bond donors (Lipinski definition) is 2. The highest BCUT2D eigenvalue weighted by molar-refractivity contribution is 6.35. The maximum absolute atomic E-state index is 11.7. The highest BCUT2D eigenvalue weighted by Gasteiger charge is 2.20. The van der Waals surface area contributed by atoms with E-state index < -0.39 is 18.1 Å². The molecule has 0 aliphatic heterocycles. The third kappa shape index (κ3) is 6.02. The molecule has 6 heteroatoms. The number of ether oxygens (including phenoxy) is 2. The molecule has 110 valence electrons. The van der Waals surface area contributed by atoms with E-state index in [0.717, 1.165) is 25.7 Å². The van der Waals surface area contributed by atoms with Crippen molar-refractivity contribution in [2.45, 2.75) is 50.9 Å². The van der Waals surface area contributed by atoms with Crippen LogP contribution in [0, 0.1) is 0 Å². The fourth-order valence-corrected chi connectivity index (χ4v) is 2.19. The lowest BCUT2D eigenvalue weighted by Gasteiger charge is -2.17. The Hall–Kier alpha value is -1.14. The predicted molar refractivity (Wildman–Crippen MR) is 70.4 cm³/mol. The van der Waals surface area contributed by atoms with Crippen LogP contribution in [0.1, 0.15) is 38.5 Å². The first kappa shape index (κ1) is 15.9. The molecular formula is C13H24N2O4. The van der Waals surface area contributed by atoms with Crippen molar-refractivity contribution in [1.82, 2.24) is 10.6 Å². The molecule has 0 atom stereocenters. The van der Waals surface area contributed by atoms with Gasteiger partial charge in [0.2, 0.25) is 0 Å². The van der Waals surface area contributed by atoms with E-state index in [2.05, 4.69) is 10.6 Å². The molecule has 1 rings (SSSR count). The van der Waals surface area contributed by atoms with E-state index in [-0.39, 0.29) is 12.6 Å². The smallest absolute Gasteiger partial charge is 0.309 e. The summed E-state index contributed by atoms with van der Waals surface area (Å²) < 4.78 is 9.85. The van der Waals surface area contributed by atoms with Crippen molar-refractivity contribution >= 4 is 11.8 Å². The Kier molecular flexibility index (Phi) is 7.43. The summed E-state index contributed by atoms with van der Waals surface area (Å²) in [5.74, 6) is -1.21. The van der Waals surface area contributed by atoms with Crippen LogP contribution < -0.4 is 10.6 Å². The molecule has 0 spiro atoms. The lowest BCUT2D eigenvalue weighted by molar-refractivity contribution is -0.142. The molecule has 0 unspecified atom stereocenters. The van der Waals surface area contributed by atoms with Crippen molar-refractivity contribution in [3.63, 3.8) is 0 Å². The van der Waals surface area contributed by atoms with E-state index in [1.807, 2.05) is 0 Å². The lowest BCUT2D eigenvalue weighted by atomic mass is 10.1. The minimum Gasteiger partial charge on any atom is -0.354 e. The lowest BCUT2D eigenvalue weighted by Crippen LogP contribution is -2.46. The molecule has 1 aliphatic rings. The molecule has 0 bridgehead atoms. The van der Waals surface area contributed by atoms with Gasteiger partial charge in [0, 0.05) is 20.3 Å². The van der Waals surface area contributed by atoms with E-state index in [0.29, 0.717) is 0 Å². The van der Waals surface area contributed by atoms with Gasteiger partial charge in [0.05, 0.1) is 6.54 Å². The summed E-state index contributed by atoms with van der Waals surface area (Å²) in [6.45, 7) is 0.157. The summed E-state index contributed by atoms with van der Waals surface area (Å²) >= 11 is 0. The molecule has 1 saturated carbocycles. The normalized spacial score (nSPS) is 17.0. The molecule has 2 N–H and O–H groups in total. The summed E-state index contributed by atoms with van der Waals surface area (Å²) in [7, 11) is 2.96. The van der Waals surface area contributed by atoms with Crippen molar-refractivity contribution in [3.8, 4) is 0 Å². The van der Waals surface area contributed by atoms with Crippen LogP contribution in [0.4, 0.5) is 0 Å². The molecular weight excluding hydrogens is 248 g/mol. The second-order valence-electron chi connectivity index (χ2n) is 4.77. The van der Waals surface area contributed by atoms with Gasteiger partial charge in [-0.25, -0.2) is 0 Å². The zero-order valence-electron chi connectivity index (χ0n) is 11.7. The van der Waals surface area contributed by atoms with Gasteiger partial charge in [-0.05, 0) is 12.8 Å². The summed E-state index contributed by atoms with van der Waals surface area (Å²) in [4.78, 5) is 23.3. The maximum Gasteiger partial charge on any atom is 0.309 e. The first-order valence-corrected chi connectivity index (χ1v) is 6.81. The highest BCUT2D eigenvalue weighted by atomic mass is 16.7. The second-order valence-corrected chi connectivity index (χ2v) is 4.77. The minimum absolute atomic E-state index is 0.126. The number of methoxy groups -OCH3 is 2. The molecule has 0 radical (unpaired) electrons. The number of nitrogens with one attached hydrogen (secondary N) is 2. The van der Waals surface area contributed by atoms with Crippen LogP contribution in [0.25, 0.3) is 0 Å². The van der Waals surface area contributed by atoms with Crippen molar-refractivity contribution < 1.29 is 19.1 Å². The van der Waals surface area contributed by atoms with Gasteiger partial charge in [-0.1, -0.05) is 25.7 Å². The zero-order valence-corrected chi connectivity index (χ0v) is 11.7. The number of carbonyl (C=O) groups is 2. The Labute approximate surface area is 114 Å². The average molecular weight is 272 g/mol. The number of hydrogen-bond acceptors (Lipinski definition) is 4. The summed E-state index contributed by atoms with van der Waals surface area (Å²) in [6, 6.07) is 0.126. The average Bonchev–Trinajstić information content (AvgIpc) is 2.68. The van der Waals surface area contributed by atoms with Crippen LogP contribution in [0.3, 0.4) is 0 Å². The summed E-state index contributed by atoms with van der Waals surface area (Å²) in [5.41, 5.74) is 0. The Bertz CT molecular complexity index is 284. The van der Waals surface area contributed by atoms with Crippen LogP contribution in [-0.2, 0) is 19.1 Å². The molecule has 0 aromatic heterocycles. The minimum atomic E-state index is -0.636. The van der Waals surface area contributed by atoms with E-state index in [4.69, 9.17) is 9.47 Å². The van der Waals surface area contributed by atoms with Crippen molar-refractivity contribution in [3.05, 3.63) is 0 Å². The van der Waals surface area contributed by atoms with Gasteiger partial charge in [0.1, 0.15) is 0 Å². The van der Waals surface area contributed by atoms with Crippen molar-refractivity contribution in [2.75, 3.05) is 20.8 Å². The Morgan fingerprint density at radius 2 is 1.63 bits per heavy atom. The Morgan fingerprint density at radius 1 is 1.05 bits per heavy atom. The molecule has 0 saturated heterocycles. The Balaban J connectivity index is 2.29. The van der Waals surface area contributed by atoms with Crippen LogP contribution in [0.2, 0.25) is 0 Å². The quantitative estimate of drug-likeness (QED) is 0.435. The number of rotatable bonds is 5. The molecule has 0 heterocycles. The van der Waals surface area contributed by atoms with Crippen LogP contribution in [0.15, 0.2) is 0 Å². The third-order valence-electron chi connectivity index (χ3n) is 3.35. The van der Waals surface area contributed by atoms with Gasteiger partial charge in [-0.3, -0.25) is 9.59 Å². The monoisotopic (exact) mass is 272 g/mol. The van der Waals surface area contributed by atoms with Gasteiger partial charge in [0.25, 0.3) is 0 Å². The largest absolute Gasteiger partial charge is 0.354 e. The molecule has 6 nitrogen and oxygen atoms in total. The molecule has 1 aliphatic carbocycles. The molecule has 1 fully saturated rings. The number of amides is 2. The summed E-state index contributed by atoms with van der Waals surface area (Å²) in [5, 5.41) is 5.27. The first-order chi connectivity index (χ1) is 9.17. The molecule has 19 heavy (non-hydrogen) atoms. The van der Waals surface area contributed by atoms with Gasteiger partial charge in [0.15, 0.2) is 6.29 Å². The second kappa shape index (κ2) is 8.87. The van der Waals surface area contributed by atoms with E-state index in [1.54, 1.807) is 0 Å². The van der Waals surface area contributed by atoms with Crippen molar-refractivity contribution in [2.24, 2.45) is 0 Å². The van der Waals surface area contributed by atoms with Gasteiger partial charge < -0.3 is 20.1 Å². The summed E-state index contributed by atoms with van der Waals surface area (Å²) in [6.07, 6.45) is 6.03. The zero-order chi connectivity index (χ0) is 14.1. The van der Waals surface area contributed by atoms with Crippen LogP contribution in [-0.4, -0.2) is 44.9 Å². The fourth-order valence-electron chi connectivity index (χ4n) is 2.19. The van der Waals surface area contributed by atoms with Gasteiger partial charge >= 0.3 is 11.8 Å². The standard InChI is InChI=1S/C13H24N2O4/c1-18-11(19-2)9-14-12(16)13(17)15-10-7-5-3-4-6-8-10/h10-11H,3-9H2,1-2H3,(H,14,16)(H,15,17). The number of carbonyl (C=O) groups excluding carboxylic acids is 2. The molecule has 0 aromatic rings. The predicted octanol–water partition coefficient (Wildman–Crippen LogP) is 0.560. The van der Waals surface area contributed by atoms with E-state index in [9.17, 15) is 9.59 Å². The fraction of sp³-hybridized carbons (Fsp3) is 0.846. The van der Waals surface area contributed by atoms with Crippen LogP contribution in [0.5, 0.6) is 0 Å². The topological polar surface area (TPSA) is 76.7 Å². The van der Waals surface area contributed by atoms with Crippen LogP contribution >= 0.6 is 0 Å². The highest BCUT2D eigenvalue weighted by Crippen LogP contribution is 2.16. The first-order valence-electron chi connectivity index (χ1n) is 6.81. The maximum atomic E-state index is 11.7. The molecule has 0 aromatic carbocycles. The van der Waals surface area contributed by atoms with Crippen molar-refractivity contribution in [1.29, 1.82) is 0 Å². The SMILES string of the molecule is COC(CNC(=O)C(=O)NC1CCCCCC1)OC. The third-order valence-corrected chi connectivity index (χ3v) is 3.35.